The third-order valence-corrected chi connectivity index (χ3v) is 6.48. The van der Waals surface area contributed by atoms with E-state index in [0.29, 0.717) is 57.8 Å². The first-order chi connectivity index (χ1) is 19.7. The minimum atomic E-state index is -0.611. The number of aromatic hydroxyl groups is 1. The highest BCUT2D eigenvalue weighted by molar-refractivity contribution is 6.10. The number of hydrogen-bond donors (Lipinski definition) is 3. The third-order valence-electron chi connectivity index (χ3n) is 6.48. The Kier molecular flexibility index (Phi) is 7.55. The van der Waals surface area contributed by atoms with Crippen LogP contribution in [0.25, 0.3) is 22.0 Å². The van der Waals surface area contributed by atoms with Crippen molar-refractivity contribution in [2.45, 2.75) is 20.3 Å². The summed E-state index contributed by atoms with van der Waals surface area (Å²) in [6.07, 6.45) is 1.93. The van der Waals surface area contributed by atoms with Crippen molar-refractivity contribution in [3.05, 3.63) is 105 Å². The van der Waals surface area contributed by atoms with E-state index in [4.69, 9.17) is 9.15 Å². The number of amides is 1. The highest BCUT2D eigenvalue weighted by Crippen LogP contribution is 2.37. The van der Waals surface area contributed by atoms with Crippen LogP contribution in [0.4, 0.5) is 10.7 Å². The zero-order valence-electron chi connectivity index (χ0n) is 22.6. The van der Waals surface area contributed by atoms with Crippen LogP contribution < -0.4 is 15.5 Å². The number of allylic oxidation sites excluding steroid dienone is 1. The summed E-state index contributed by atoms with van der Waals surface area (Å²) in [5.41, 5.74) is 4.34. The largest absolute Gasteiger partial charge is 0.507 e. The van der Waals surface area contributed by atoms with Gasteiger partial charge in [0.05, 0.1) is 18.1 Å². The van der Waals surface area contributed by atoms with Crippen LogP contribution in [0.3, 0.4) is 0 Å². The number of phenols is 1. The highest BCUT2D eigenvalue weighted by Gasteiger charge is 2.19. The number of rotatable bonds is 3. The van der Waals surface area contributed by atoms with Crippen molar-refractivity contribution in [2.24, 2.45) is 0 Å². The molecule has 0 aliphatic carbocycles. The Bertz CT molecular complexity index is 1870. The Balaban J connectivity index is 0.000000166. The average molecular weight is 554 g/mol. The third kappa shape index (κ3) is 5.81. The van der Waals surface area contributed by atoms with Gasteiger partial charge >= 0.3 is 6.09 Å². The Hall–Kier alpha value is -5.38. The number of H-pyrrole nitrogens is 1. The normalized spacial score (nSPS) is 12.3. The van der Waals surface area contributed by atoms with E-state index in [1.54, 1.807) is 43.3 Å². The molecule has 0 bridgehead atoms. The number of carbonyl (C=O) groups is 2. The van der Waals surface area contributed by atoms with Gasteiger partial charge in [-0.15, -0.1) is 0 Å². The van der Waals surface area contributed by atoms with Crippen molar-refractivity contribution in [1.29, 1.82) is 0 Å². The number of aryl methyl sites for hydroxylation is 1. The molecule has 0 radical (unpaired) electrons. The van der Waals surface area contributed by atoms with Gasteiger partial charge in [-0.25, -0.2) is 9.78 Å². The second kappa shape index (κ2) is 11.4. The van der Waals surface area contributed by atoms with Gasteiger partial charge in [0.15, 0.2) is 11.2 Å². The number of ether oxygens (including phenoxy) is 2. The van der Waals surface area contributed by atoms with Gasteiger partial charge in [0.1, 0.15) is 34.8 Å². The zero-order valence-corrected chi connectivity index (χ0v) is 22.6. The Morgan fingerprint density at radius 1 is 1.05 bits per heavy atom. The number of fused-ring (bicyclic) bond motifs is 3. The number of nitrogens with zero attached hydrogens (tertiary/aromatic N) is 1. The van der Waals surface area contributed by atoms with Crippen LogP contribution in [-0.4, -0.2) is 40.7 Å². The molecule has 0 atom stereocenters. The van der Waals surface area contributed by atoms with E-state index < -0.39 is 6.09 Å². The van der Waals surface area contributed by atoms with E-state index in [1.807, 2.05) is 31.2 Å². The number of carbonyl (C=O) groups excluding carboxylic acids is 2. The number of phenolic OH excluding ortho intramolecular Hbond substituents is 1. The topological polar surface area (TPSA) is 144 Å². The molecule has 2 aromatic heterocycles. The Labute approximate surface area is 234 Å². The quantitative estimate of drug-likeness (QED) is 0.192. The van der Waals surface area contributed by atoms with Crippen LogP contribution in [-0.2, 0) is 11.2 Å². The Morgan fingerprint density at radius 2 is 1.83 bits per heavy atom. The lowest BCUT2D eigenvalue weighted by molar-refractivity contribution is 0.103. The maximum absolute atomic E-state index is 12.4. The molecule has 1 aliphatic rings. The predicted molar refractivity (Wildman–Crippen MR) is 154 cm³/mol. The summed E-state index contributed by atoms with van der Waals surface area (Å²) in [5.74, 6) is 1.25. The first kappa shape index (κ1) is 27.2. The minimum Gasteiger partial charge on any atom is -0.507 e. The summed E-state index contributed by atoms with van der Waals surface area (Å²) in [7, 11) is 1.27. The lowest BCUT2D eigenvalue weighted by atomic mass is 10.0. The van der Waals surface area contributed by atoms with Gasteiger partial charge in [-0.2, -0.15) is 0 Å². The van der Waals surface area contributed by atoms with E-state index in [1.165, 1.54) is 13.2 Å². The fraction of sp³-hybridized carbons (Fsp3) is 0.161. The maximum Gasteiger partial charge on any atom is 0.413 e. The van der Waals surface area contributed by atoms with E-state index >= 15 is 0 Å². The van der Waals surface area contributed by atoms with Gasteiger partial charge < -0.3 is 24.0 Å². The molecular formula is C31H27N3O7. The smallest absolute Gasteiger partial charge is 0.413 e. The van der Waals surface area contributed by atoms with Crippen molar-refractivity contribution in [2.75, 3.05) is 19.0 Å². The van der Waals surface area contributed by atoms with E-state index in [0.717, 1.165) is 5.57 Å². The number of aromatic amines is 1. The summed E-state index contributed by atoms with van der Waals surface area (Å²) in [6.45, 7) is 4.15. The van der Waals surface area contributed by atoms with E-state index in [9.17, 15) is 19.5 Å². The molecule has 0 spiro atoms. The molecule has 0 fully saturated rings. The van der Waals surface area contributed by atoms with Crippen molar-refractivity contribution in [1.82, 2.24) is 9.97 Å². The summed E-state index contributed by atoms with van der Waals surface area (Å²) in [4.78, 5) is 42.7. The van der Waals surface area contributed by atoms with E-state index in [-0.39, 0.29) is 28.3 Å². The van der Waals surface area contributed by atoms with Crippen molar-refractivity contribution < 1.29 is 28.6 Å². The first-order valence-corrected chi connectivity index (χ1v) is 12.8. The van der Waals surface area contributed by atoms with Gasteiger partial charge in [-0.05, 0) is 44.0 Å². The van der Waals surface area contributed by atoms with Crippen LogP contribution in [0.2, 0.25) is 0 Å². The molecule has 5 aromatic rings. The minimum absolute atomic E-state index is 0.0350. The number of ketones is 1. The SMILES string of the molecule is CC1=CCc2c(cc3oc(C)cc(=O)c3c2O)OC1.COC(=O)Nc1nc2ccc(C(=O)c3ccccc3)cc2[nH]1. The van der Waals surface area contributed by atoms with Gasteiger partial charge in [0, 0.05) is 28.8 Å². The molecule has 1 aliphatic heterocycles. The fourth-order valence-electron chi connectivity index (χ4n) is 4.41. The summed E-state index contributed by atoms with van der Waals surface area (Å²) in [5, 5.41) is 13.0. The number of anilines is 1. The Morgan fingerprint density at radius 3 is 2.59 bits per heavy atom. The fourth-order valence-corrected chi connectivity index (χ4v) is 4.41. The zero-order chi connectivity index (χ0) is 29.1. The van der Waals surface area contributed by atoms with Gasteiger partial charge in [0.2, 0.25) is 5.95 Å². The molecule has 10 nitrogen and oxygen atoms in total. The second-order valence-corrected chi connectivity index (χ2v) is 9.47. The maximum atomic E-state index is 12.4. The number of nitrogens with one attached hydrogen (secondary N) is 2. The van der Waals surface area contributed by atoms with Crippen molar-refractivity contribution in [3.63, 3.8) is 0 Å². The molecule has 1 amide bonds. The summed E-state index contributed by atoms with van der Waals surface area (Å²) < 4.78 is 15.6. The molecule has 0 saturated carbocycles. The summed E-state index contributed by atoms with van der Waals surface area (Å²) >= 11 is 0. The van der Waals surface area contributed by atoms with Crippen LogP contribution in [0.15, 0.2) is 81.5 Å². The van der Waals surface area contributed by atoms with Crippen LogP contribution in [0, 0.1) is 6.92 Å². The predicted octanol–water partition coefficient (Wildman–Crippen LogP) is 5.66. The molecule has 41 heavy (non-hydrogen) atoms. The molecule has 10 heteroatoms. The van der Waals surface area contributed by atoms with Crippen LogP contribution in [0.1, 0.15) is 34.2 Å². The highest BCUT2D eigenvalue weighted by atomic mass is 16.5. The van der Waals surface area contributed by atoms with Crippen LogP contribution >= 0.6 is 0 Å². The molecule has 3 aromatic carbocycles. The lowest BCUT2D eigenvalue weighted by Crippen LogP contribution is -2.11. The molecule has 0 unspecified atom stereocenters. The molecule has 3 N–H and O–H groups in total. The number of methoxy groups -OCH3 is 1. The number of benzene rings is 3. The van der Waals surface area contributed by atoms with E-state index in [2.05, 4.69) is 20.0 Å². The molecular weight excluding hydrogens is 526 g/mol. The second-order valence-electron chi connectivity index (χ2n) is 9.47. The number of aromatic nitrogens is 2. The van der Waals surface area contributed by atoms with Gasteiger partial charge in [0.25, 0.3) is 0 Å². The molecule has 0 saturated heterocycles. The van der Waals surface area contributed by atoms with Gasteiger partial charge in [-0.1, -0.05) is 36.4 Å². The lowest BCUT2D eigenvalue weighted by Gasteiger charge is -2.11. The number of hydrogen-bond acceptors (Lipinski definition) is 8. The summed E-state index contributed by atoms with van der Waals surface area (Å²) in [6, 6.07) is 17.2. The standard InChI is InChI=1S/C16H13N3O3.C15H14O4/c1-22-16(21)19-15-17-12-8-7-11(9-13(12)18-15)14(20)10-5-3-2-4-6-10;1-8-3-4-10-12(18-7-8)6-13-14(15(10)17)11(16)5-9(2)19-13/h2-9H,1H3,(H2,17,18,19,21);3,5-6,17H,4,7H2,1-2H3. The molecule has 6 rings (SSSR count). The molecule has 208 valence electrons. The molecule has 3 heterocycles. The first-order valence-electron chi connectivity index (χ1n) is 12.8. The van der Waals surface area contributed by atoms with Crippen molar-refractivity contribution >= 4 is 39.8 Å². The average Bonchev–Trinajstić information content (AvgIpc) is 3.26. The number of imidazole rings is 1. The van der Waals surface area contributed by atoms with Gasteiger partial charge in [-0.3, -0.25) is 14.9 Å². The van der Waals surface area contributed by atoms with Crippen molar-refractivity contribution in [3.8, 4) is 11.5 Å². The van der Waals surface area contributed by atoms with Crippen LogP contribution in [0.5, 0.6) is 11.5 Å². The monoisotopic (exact) mass is 553 g/mol.